The van der Waals surface area contributed by atoms with E-state index in [1.165, 1.54) is 24.5 Å². The smallest absolute Gasteiger partial charge is 0.274 e. The average Bonchev–Trinajstić information content (AvgIpc) is 3.17. The summed E-state index contributed by atoms with van der Waals surface area (Å²) in [5, 5.41) is 15.2. The molecule has 178 valence electrons. The lowest BCUT2D eigenvalue weighted by Gasteiger charge is -2.19. The monoisotopic (exact) mass is 498 g/mol. The number of halogens is 3. The molecule has 1 saturated heterocycles. The fraction of sp³-hybridized carbons (Fsp3) is 0.217. The molecule has 2 aromatic heterocycles. The number of amides is 3. The van der Waals surface area contributed by atoms with E-state index in [1.54, 1.807) is 30.3 Å². The number of alkyl halides is 2. The van der Waals surface area contributed by atoms with Crippen LogP contribution in [0.3, 0.4) is 0 Å². The second-order valence-electron chi connectivity index (χ2n) is 7.82. The first kappa shape index (κ1) is 24.0. The number of rotatable bonds is 5. The van der Waals surface area contributed by atoms with Gasteiger partial charge in [-0.2, -0.15) is 5.26 Å². The Bertz CT molecular complexity index is 1380. The highest BCUT2D eigenvalue weighted by atomic mass is 35.5. The minimum absolute atomic E-state index is 0.00249. The zero-order chi connectivity index (χ0) is 25.2. The average molecular weight is 499 g/mol. The van der Waals surface area contributed by atoms with Gasteiger partial charge in [0, 0.05) is 23.0 Å². The van der Waals surface area contributed by atoms with Crippen LogP contribution < -0.4 is 10.6 Å². The number of benzene rings is 1. The topological polar surface area (TPSA) is 128 Å². The summed E-state index contributed by atoms with van der Waals surface area (Å²) in [5.41, 5.74) is 0.691. The Hall–Kier alpha value is -4.17. The number of likely N-dealkylation sites (tertiary alicyclic amines) is 1. The number of carbonyl (C=O) groups excluding carboxylic acids is 3. The van der Waals surface area contributed by atoms with Crippen molar-refractivity contribution in [3.05, 3.63) is 65.1 Å². The zero-order valence-electron chi connectivity index (χ0n) is 18.0. The second kappa shape index (κ2) is 9.60. The van der Waals surface area contributed by atoms with E-state index in [1.807, 2.05) is 0 Å². The molecule has 3 heterocycles. The van der Waals surface area contributed by atoms with Crippen LogP contribution in [0, 0.1) is 11.3 Å². The molecule has 1 fully saturated rings. The van der Waals surface area contributed by atoms with E-state index >= 15 is 0 Å². The summed E-state index contributed by atoms with van der Waals surface area (Å²) in [7, 11) is 0. The normalized spacial score (nSPS) is 16.5. The summed E-state index contributed by atoms with van der Waals surface area (Å²) in [6, 6.07) is 9.94. The van der Waals surface area contributed by atoms with Gasteiger partial charge >= 0.3 is 0 Å². The minimum Gasteiger partial charge on any atom is -0.343 e. The molecule has 0 bridgehead atoms. The number of pyridine rings is 2. The maximum Gasteiger partial charge on any atom is 0.274 e. The third kappa shape index (κ3) is 5.33. The van der Waals surface area contributed by atoms with Gasteiger partial charge in [0.2, 0.25) is 5.91 Å². The van der Waals surface area contributed by atoms with E-state index in [4.69, 9.17) is 16.9 Å². The van der Waals surface area contributed by atoms with E-state index in [0.717, 1.165) is 10.3 Å². The first-order valence-corrected chi connectivity index (χ1v) is 10.7. The van der Waals surface area contributed by atoms with Crippen molar-refractivity contribution in [2.45, 2.75) is 18.4 Å². The van der Waals surface area contributed by atoms with Crippen molar-refractivity contribution in [2.24, 2.45) is 0 Å². The molecule has 0 aliphatic carbocycles. The Labute approximate surface area is 202 Å². The summed E-state index contributed by atoms with van der Waals surface area (Å²) < 4.78 is 27.2. The molecule has 35 heavy (non-hydrogen) atoms. The highest BCUT2D eigenvalue weighted by Gasteiger charge is 2.47. The van der Waals surface area contributed by atoms with Crippen molar-refractivity contribution in [1.82, 2.24) is 20.2 Å². The molecule has 1 aromatic carbocycles. The van der Waals surface area contributed by atoms with Gasteiger partial charge in [-0.05, 0) is 30.3 Å². The number of fused-ring (bicyclic) bond motifs is 1. The molecule has 0 spiro atoms. The van der Waals surface area contributed by atoms with Crippen LogP contribution in [0.5, 0.6) is 0 Å². The molecule has 0 radical (unpaired) electrons. The molecule has 0 saturated carbocycles. The van der Waals surface area contributed by atoms with Crippen LogP contribution in [-0.4, -0.2) is 57.6 Å². The fourth-order valence-electron chi connectivity index (χ4n) is 3.65. The Morgan fingerprint density at radius 2 is 2.00 bits per heavy atom. The molecule has 3 aromatic rings. The third-order valence-electron chi connectivity index (χ3n) is 5.34. The van der Waals surface area contributed by atoms with Crippen molar-refractivity contribution in [1.29, 1.82) is 5.26 Å². The highest BCUT2D eigenvalue weighted by Crippen LogP contribution is 2.31. The minimum atomic E-state index is -3.16. The van der Waals surface area contributed by atoms with Crippen LogP contribution in [0.1, 0.15) is 27.3 Å². The van der Waals surface area contributed by atoms with Gasteiger partial charge in [-0.25, -0.2) is 13.8 Å². The van der Waals surface area contributed by atoms with E-state index in [9.17, 15) is 23.2 Å². The Morgan fingerprint density at radius 3 is 2.77 bits per heavy atom. The molecule has 1 aliphatic rings. The van der Waals surface area contributed by atoms with Crippen molar-refractivity contribution < 1.29 is 23.2 Å². The number of carbonyl (C=O) groups is 3. The maximum absolute atomic E-state index is 13.6. The number of hydrogen-bond donors (Lipinski definition) is 2. The van der Waals surface area contributed by atoms with Crippen LogP contribution in [0.4, 0.5) is 14.5 Å². The highest BCUT2D eigenvalue weighted by molar-refractivity contribution is 6.31. The summed E-state index contributed by atoms with van der Waals surface area (Å²) >= 11 is 5.96. The molecule has 3 amide bonds. The van der Waals surface area contributed by atoms with Crippen LogP contribution in [-0.2, 0) is 4.79 Å². The van der Waals surface area contributed by atoms with Gasteiger partial charge in [-0.1, -0.05) is 17.7 Å². The van der Waals surface area contributed by atoms with Crippen LogP contribution >= 0.6 is 11.6 Å². The lowest BCUT2D eigenvalue weighted by Crippen LogP contribution is -2.43. The molecule has 1 atom stereocenters. The number of nitriles is 1. The van der Waals surface area contributed by atoms with Crippen molar-refractivity contribution in [3.63, 3.8) is 0 Å². The van der Waals surface area contributed by atoms with Gasteiger partial charge in [-0.3, -0.25) is 19.4 Å². The van der Waals surface area contributed by atoms with Gasteiger partial charge in [0.25, 0.3) is 17.7 Å². The molecule has 9 nitrogen and oxygen atoms in total. The van der Waals surface area contributed by atoms with Crippen LogP contribution in [0.2, 0.25) is 5.02 Å². The number of anilines is 1. The van der Waals surface area contributed by atoms with E-state index < -0.39 is 49.2 Å². The molecular weight excluding hydrogens is 482 g/mol. The Balaban J connectivity index is 1.44. The van der Waals surface area contributed by atoms with E-state index in [-0.39, 0.29) is 16.9 Å². The molecule has 12 heteroatoms. The first-order valence-electron chi connectivity index (χ1n) is 10.3. The van der Waals surface area contributed by atoms with Crippen molar-refractivity contribution in [2.75, 3.05) is 18.4 Å². The SMILES string of the molecule is N#CC1CC(F)(F)CN1C(=O)CNC(=O)c1ccncc1NC(=O)c1ccc2cc(Cl)ccc2n1. The quantitative estimate of drug-likeness (QED) is 0.556. The largest absolute Gasteiger partial charge is 0.343 e. The summed E-state index contributed by atoms with van der Waals surface area (Å²) in [6.45, 7) is -1.49. The van der Waals surface area contributed by atoms with Crippen molar-refractivity contribution >= 4 is 45.9 Å². The predicted molar refractivity (Wildman–Crippen MR) is 122 cm³/mol. The molecule has 1 aliphatic heterocycles. The van der Waals surface area contributed by atoms with Gasteiger partial charge in [-0.15, -0.1) is 0 Å². The Kier molecular flexibility index (Phi) is 6.57. The number of aromatic nitrogens is 2. The van der Waals surface area contributed by atoms with Crippen LogP contribution in [0.15, 0.2) is 48.8 Å². The summed E-state index contributed by atoms with van der Waals surface area (Å²) in [6.07, 6.45) is 1.82. The zero-order valence-corrected chi connectivity index (χ0v) is 18.7. The van der Waals surface area contributed by atoms with E-state index in [0.29, 0.717) is 10.5 Å². The summed E-state index contributed by atoms with van der Waals surface area (Å²) in [4.78, 5) is 46.7. The molecule has 1 unspecified atom stereocenters. The molecule has 2 N–H and O–H groups in total. The Morgan fingerprint density at radius 1 is 1.20 bits per heavy atom. The lowest BCUT2D eigenvalue weighted by molar-refractivity contribution is -0.131. The van der Waals surface area contributed by atoms with Crippen molar-refractivity contribution in [3.8, 4) is 6.07 Å². The predicted octanol–water partition coefficient (Wildman–Crippen LogP) is 3.03. The number of nitrogens with one attached hydrogen (secondary N) is 2. The van der Waals surface area contributed by atoms with Crippen LogP contribution in [0.25, 0.3) is 10.9 Å². The standard InChI is InChI=1S/C23H17ClF2N6O3/c24-14-2-4-17-13(7-14)1-3-18(30-17)22(35)31-19-10-28-6-5-16(19)21(34)29-11-20(33)32-12-23(25,26)8-15(32)9-27/h1-7,10,15H,8,11-12H2,(H,29,34)(H,31,35). The summed E-state index contributed by atoms with van der Waals surface area (Å²) in [5.74, 6) is -5.32. The van der Waals surface area contributed by atoms with Gasteiger partial charge < -0.3 is 15.5 Å². The number of hydrogen-bond acceptors (Lipinski definition) is 6. The van der Waals surface area contributed by atoms with Gasteiger partial charge in [0.05, 0.1) is 42.1 Å². The number of nitrogens with zero attached hydrogens (tertiary/aromatic N) is 4. The molecular formula is C23H17ClF2N6O3. The van der Waals surface area contributed by atoms with Gasteiger partial charge in [0.15, 0.2) is 0 Å². The molecule has 4 rings (SSSR count). The lowest BCUT2D eigenvalue weighted by atomic mass is 10.2. The fourth-order valence-corrected chi connectivity index (χ4v) is 3.83. The van der Waals surface area contributed by atoms with E-state index in [2.05, 4.69) is 20.6 Å². The maximum atomic E-state index is 13.6. The third-order valence-corrected chi connectivity index (χ3v) is 5.57. The van der Waals surface area contributed by atoms with Gasteiger partial charge in [0.1, 0.15) is 11.7 Å². The first-order chi connectivity index (χ1) is 16.7. The second-order valence-corrected chi connectivity index (χ2v) is 8.25.